The van der Waals surface area contributed by atoms with E-state index < -0.39 is 0 Å². The van der Waals surface area contributed by atoms with E-state index >= 15 is 0 Å². The monoisotopic (exact) mass is 257 g/mol. The summed E-state index contributed by atoms with van der Waals surface area (Å²) in [7, 11) is 0. The van der Waals surface area contributed by atoms with E-state index in [-0.39, 0.29) is 18.4 Å². The molecule has 0 aliphatic carbocycles. The zero-order valence-corrected chi connectivity index (χ0v) is 10.6. The third kappa shape index (κ3) is 3.32. The molecule has 0 unspecified atom stereocenters. The minimum atomic E-state index is -0.266. The minimum absolute atomic E-state index is 0.0231. The number of piperidine rings is 1. The number of hydrogen-bond donors (Lipinski definition) is 1. The van der Waals surface area contributed by atoms with Crippen LogP contribution in [0.2, 0.25) is 0 Å². The lowest BCUT2D eigenvalue weighted by Crippen LogP contribution is -2.40. The first-order valence-electron chi connectivity index (χ1n) is 6.27. The van der Waals surface area contributed by atoms with Crippen molar-refractivity contribution in [3.05, 3.63) is 29.8 Å². The van der Waals surface area contributed by atoms with Crippen molar-refractivity contribution >= 4 is 17.5 Å². The fourth-order valence-electron chi connectivity index (χ4n) is 2.08. The van der Waals surface area contributed by atoms with Gasteiger partial charge >= 0.3 is 0 Å². The Labute approximate surface area is 111 Å². The topological polar surface area (TPSA) is 73.2 Å². The highest BCUT2D eigenvalue weighted by Crippen LogP contribution is 2.14. The van der Waals surface area contributed by atoms with E-state index in [1.165, 1.54) is 0 Å². The second kappa shape index (κ2) is 6.01. The van der Waals surface area contributed by atoms with Crippen molar-refractivity contribution in [3.63, 3.8) is 0 Å². The third-order valence-electron chi connectivity index (χ3n) is 3.08. The Balaban J connectivity index is 1.98. The molecule has 1 fully saturated rings. The molecule has 1 aliphatic rings. The Kier molecular flexibility index (Phi) is 4.14. The maximum atomic E-state index is 11.9. The average molecular weight is 257 g/mol. The highest BCUT2D eigenvalue weighted by atomic mass is 16.2. The van der Waals surface area contributed by atoms with Gasteiger partial charge < -0.3 is 10.2 Å². The van der Waals surface area contributed by atoms with Crippen molar-refractivity contribution in [2.75, 3.05) is 18.4 Å². The first-order chi connectivity index (χ1) is 9.20. The molecule has 5 nitrogen and oxygen atoms in total. The third-order valence-corrected chi connectivity index (χ3v) is 3.08. The molecule has 0 spiro atoms. The van der Waals surface area contributed by atoms with Crippen LogP contribution in [0.5, 0.6) is 0 Å². The summed E-state index contributed by atoms with van der Waals surface area (Å²) in [5.41, 5.74) is 0.903. The van der Waals surface area contributed by atoms with Crippen LogP contribution in [0.25, 0.3) is 0 Å². The van der Waals surface area contributed by atoms with E-state index in [0.717, 1.165) is 12.8 Å². The van der Waals surface area contributed by atoms with E-state index in [9.17, 15) is 9.59 Å². The van der Waals surface area contributed by atoms with E-state index in [4.69, 9.17) is 5.26 Å². The van der Waals surface area contributed by atoms with Gasteiger partial charge in [-0.1, -0.05) is 12.1 Å². The van der Waals surface area contributed by atoms with Crippen molar-refractivity contribution in [2.24, 2.45) is 0 Å². The Morgan fingerprint density at radius 2 is 2.16 bits per heavy atom. The summed E-state index contributed by atoms with van der Waals surface area (Å²) in [6.07, 6.45) is 2.35. The van der Waals surface area contributed by atoms with Gasteiger partial charge in [-0.3, -0.25) is 9.59 Å². The largest absolute Gasteiger partial charge is 0.333 e. The summed E-state index contributed by atoms with van der Waals surface area (Å²) in [5, 5.41) is 11.6. The molecule has 0 aromatic heterocycles. The number of para-hydroxylation sites is 1. The van der Waals surface area contributed by atoms with Gasteiger partial charge in [-0.05, 0) is 25.0 Å². The number of anilines is 1. The standard InChI is InChI=1S/C14H15N3O2/c15-9-11-5-1-2-6-12(11)16-13(18)10-17-8-4-3-7-14(17)19/h1-2,5-6H,3-4,7-8,10H2,(H,16,18). The molecule has 1 aromatic rings. The fraction of sp³-hybridized carbons (Fsp3) is 0.357. The normalized spacial score (nSPS) is 14.9. The highest BCUT2D eigenvalue weighted by Gasteiger charge is 2.20. The number of nitriles is 1. The van der Waals surface area contributed by atoms with Gasteiger partial charge in [-0.25, -0.2) is 0 Å². The number of carbonyl (C=O) groups is 2. The molecule has 0 atom stereocenters. The van der Waals surface area contributed by atoms with Crippen LogP contribution < -0.4 is 5.32 Å². The highest BCUT2D eigenvalue weighted by molar-refractivity contribution is 5.95. The maximum Gasteiger partial charge on any atom is 0.244 e. The summed E-state index contributed by atoms with van der Waals surface area (Å²) in [5.74, 6) is -0.243. The zero-order chi connectivity index (χ0) is 13.7. The van der Waals surface area contributed by atoms with Gasteiger partial charge in [-0.2, -0.15) is 5.26 Å². The number of nitrogens with one attached hydrogen (secondary N) is 1. The summed E-state index contributed by atoms with van der Waals surface area (Å²) >= 11 is 0. The number of likely N-dealkylation sites (tertiary alicyclic amines) is 1. The molecule has 1 N–H and O–H groups in total. The molecule has 0 saturated carbocycles. The molecule has 5 heteroatoms. The van der Waals surface area contributed by atoms with Crippen LogP contribution in [0, 0.1) is 11.3 Å². The molecule has 2 amide bonds. The van der Waals surface area contributed by atoms with Crippen LogP contribution in [-0.4, -0.2) is 29.8 Å². The number of rotatable bonds is 3. The summed E-state index contributed by atoms with van der Waals surface area (Å²) < 4.78 is 0. The quantitative estimate of drug-likeness (QED) is 0.892. The number of carbonyl (C=O) groups excluding carboxylic acids is 2. The number of nitrogens with zero attached hydrogens (tertiary/aromatic N) is 2. The number of amides is 2. The van der Waals surface area contributed by atoms with Crippen LogP contribution in [0.3, 0.4) is 0 Å². The Bertz CT molecular complexity index is 534. The van der Waals surface area contributed by atoms with E-state index in [1.54, 1.807) is 29.2 Å². The molecule has 19 heavy (non-hydrogen) atoms. The second-order valence-electron chi connectivity index (χ2n) is 4.48. The first kappa shape index (κ1) is 13.1. The van der Waals surface area contributed by atoms with Crippen LogP contribution in [0.1, 0.15) is 24.8 Å². The lowest BCUT2D eigenvalue weighted by molar-refractivity contribution is -0.136. The zero-order valence-electron chi connectivity index (χ0n) is 10.6. The lowest BCUT2D eigenvalue weighted by atomic mass is 10.1. The number of hydrogen-bond acceptors (Lipinski definition) is 3. The molecular formula is C14H15N3O2. The van der Waals surface area contributed by atoms with Gasteiger partial charge in [0.05, 0.1) is 17.8 Å². The molecule has 2 rings (SSSR count). The predicted molar refractivity (Wildman–Crippen MR) is 70.2 cm³/mol. The Morgan fingerprint density at radius 1 is 1.37 bits per heavy atom. The van der Waals surface area contributed by atoms with E-state index in [1.807, 2.05) is 6.07 Å². The van der Waals surface area contributed by atoms with Crippen molar-refractivity contribution in [3.8, 4) is 6.07 Å². The summed E-state index contributed by atoms with van der Waals surface area (Å²) in [6.45, 7) is 0.685. The lowest BCUT2D eigenvalue weighted by Gasteiger charge is -2.26. The van der Waals surface area contributed by atoms with Gasteiger partial charge in [0.2, 0.25) is 11.8 Å². The second-order valence-corrected chi connectivity index (χ2v) is 4.48. The van der Waals surface area contributed by atoms with Gasteiger partial charge in [0, 0.05) is 13.0 Å². The van der Waals surface area contributed by atoms with E-state index in [2.05, 4.69) is 5.32 Å². The molecule has 0 radical (unpaired) electrons. The molecule has 0 bridgehead atoms. The summed E-state index contributed by atoms with van der Waals surface area (Å²) in [6, 6.07) is 8.82. The number of benzene rings is 1. The first-order valence-corrected chi connectivity index (χ1v) is 6.27. The fourth-order valence-corrected chi connectivity index (χ4v) is 2.08. The Hall–Kier alpha value is -2.35. The van der Waals surface area contributed by atoms with E-state index in [0.29, 0.717) is 24.2 Å². The maximum absolute atomic E-state index is 11.9. The molecule has 98 valence electrons. The summed E-state index contributed by atoms with van der Waals surface area (Å²) in [4.78, 5) is 25.0. The smallest absolute Gasteiger partial charge is 0.244 e. The molecule has 1 saturated heterocycles. The van der Waals surface area contributed by atoms with Crippen molar-refractivity contribution in [1.29, 1.82) is 5.26 Å². The van der Waals surface area contributed by atoms with Crippen LogP contribution in [0.4, 0.5) is 5.69 Å². The van der Waals surface area contributed by atoms with Gasteiger partial charge in [0.25, 0.3) is 0 Å². The van der Waals surface area contributed by atoms with Gasteiger partial charge in [-0.15, -0.1) is 0 Å². The molecule has 1 aliphatic heterocycles. The van der Waals surface area contributed by atoms with Crippen LogP contribution >= 0.6 is 0 Å². The van der Waals surface area contributed by atoms with Crippen LogP contribution in [-0.2, 0) is 9.59 Å². The SMILES string of the molecule is N#Cc1ccccc1NC(=O)CN1CCCCC1=O. The van der Waals surface area contributed by atoms with Gasteiger partial charge in [0.1, 0.15) is 6.07 Å². The van der Waals surface area contributed by atoms with Gasteiger partial charge in [0.15, 0.2) is 0 Å². The molecular weight excluding hydrogens is 242 g/mol. The van der Waals surface area contributed by atoms with Crippen LogP contribution in [0.15, 0.2) is 24.3 Å². The molecule has 1 aromatic carbocycles. The van der Waals surface area contributed by atoms with Crippen molar-refractivity contribution in [1.82, 2.24) is 4.90 Å². The van der Waals surface area contributed by atoms with Crippen molar-refractivity contribution < 1.29 is 9.59 Å². The Morgan fingerprint density at radius 3 is 2.89 bits per heavy atom. The predicted octanol–water partition coefficient (Wildman–Crippen LogP) is 1.51. The van der Waals surface area contributed by atoms with Crippen molar-refractivity contribution in [2.45, 2.75) is 19.3 Å². The average Bonchev–Trinajstić information content (AvgIpc) is 2.42. The minimum Gasteiger partial charge on any atom is -0.333 e. The molecule has 1 heterocycles.